The molecule has 0 bridgehead atoms. The van der Waals surface area contributed by atoms with E-state index in [0.29, 0.717) is 41.7 Å². The lowest BCUT2D eigenvalue weighted by Gasteiger charge is -2.47. The predicted molar refractivity (Wildman–Crippen MR) is 146 cm³/mol. The molecule has 5 nitrogen and oxygen atoms in total. The fraction of sp³-hybridized carbons (Fsp3) is 0.400. The van der Waals surface area contributed by atoms with Crippen molar-refractivity contribution in [3.8, 4) is 5.75 Å². The van der Waals surface area contributed by atoms with Crippen molar-refractivity contribution in [2.24, 2.45) is 17.8 Å². The van der Waals surface area contributed by atoms with E-state index in [9.17, 15) is 19.7 Å². The molecule has 1 saturated heterocycles. The Balaban J connectivity index is 1.45. The first kappa shape index (κ1) is 26.0. The van der Waals surface area contributed by atoms with Crippen molar-refractivity contribution in [1.29, 1.82) is 0 Å². The first-order valence-electron chi connectivity index (χ1n) is 13.2. The predicted octanol–water partition coefficient (Wildman–Crippen LogP) is 6.54. The van der Waals surface area contributed by atoms with E-state index in [1.54, 1.807) is 24.3 Å². The number of fused-ring (bicyclic) bond motifs is 4. The number of allylic oxidation sites excluding steroid dienone is 2. The number of ketones is 2. The molecule has 192 valence electrons. The topological polar surface area (TPSA) is 83.8 Å². The molecule has 2 aromatic carbocycles. The van der Waals surface area contributed by atoms with Gasteiger partial charge in [-0.15, -0.1) is 0 Å². The summed E-state index contributed by atoms with van der Waals surface area (Å²) < 4.78 is 6.10. The molecular weight excluding hydrogens is 487 g/mol. The van der Waals surface area contributed by atoms with Crippen LogP contribution in [0.15, 0.2) is 59.2 Å². The molecule has 0 aromatic heterocycles. The summed E-state index contributed by atoms with van der Waals surface area (Å²) in [5, 5.41) is 20.8. The zero-order valence-electron chi connectivity index (χ0n) is 21.2. The van der Waals surface area contributed by atoms with Gasteiger partial charge in [0, 0.05) is 23.0 Å². The molecule has 0 spiro atoms. The maximum atomic E-state index is 13.7. The largest absolute Gasteiger partial charge is 0.508 e. The van der Waals surface area contributed by atoms with Crippen molar-refractivity contribution in [2.45, 2.75) is 58.4 Å². The van der Waals surface area contributed by atoms with Gasteiger partial charge in [0.15, 0.2) is 11.6 Å². The maximum Gasteiger partial charge on any atom is 0.455 e. The Morgan fingerprint density at radius 3 is 2.57 bits per heavy atom. The number of benzene rings is 2. The molecule has 1 fully saturated rings. The Hall–Kier alpha value is -2.67. The van der Waals surface area contributed by atoms with Gasteiger partial charge in [-0.2, -0.15) is 0 Å². The minimum atomic E-state index is -0.976. The average Bonchev–Trinajstić information content (AvgIpc) is 2.87. The van der Waals surface area contributed by atoms with Crippen LogP contribution in [0.25, 0.3) is 6.08 Å². The molecule has 37 heavy (non-hydrogen) atoms. The first-order valence-corrected chi connectivity index (χ1v) is 13.5. The third-order valence-corrected chi connectivity index (χ3v) is 8.43. The minimum Gasteiger partial charge on any atom is -0.508 e. The Labute approximate surface area is 223 Å². The van der Waals surface area contributed by atoms with Crippen LogP contribution in [0.3, 0.4) is 0 Å². The lowest BCUT2D eigenvalue weighted by molar-refractivity contribution is 0.0598. The van der Waals surface area contributed by atoms with Crippen molar-refractivity contribution >= 4 is 36.4 Å². The molecule has 0 saturated carbocycles. The number of rotatable bonds is 6. The normalized spacial score (nSPS) is 25.6. The molecule has 2 N–H and O–H groups in total. The van der Waals surface area contributed by atoms with Crippen molar-refractivity contribution in [3.05, 3.63) is 80.9 Å². The van der Waals surface area contributed by atoms with E-state index in [4.69, 9.17) is 16.3 Å². The van der Waals surface area contributed by atoms with E-state index in [-0.39, 0.29) is 35.3 Å². The molecule has 7 heteroatoms. The highest BCUT2D eigenvalue weighted by molar-refractivity contribution is 6.43. The quantitative estimate of drug-likeness (QED) is 0.335. The van der Waals surface area contributed by atoms with Gasteiger partial charge < -0.3 is 14.8 Å². The summed E-state index contributed by atoms with van der Waals surface area (Å²) in [6, 6.07) is 12.1. The van der Waals surface area contributed by atoms with Crippen LogP contribution in [0.1, 0.15) is 72.2 Å². The molecule has 0 radical (unpaired) electrons. The molecule has 5 rings (SSSR count). The molecule has 0 unspecified atom stereocenters. The van der Waals surface area contributed by atoms with Gasteiger partial charge in [0.1, 0.15) is 5.75 Å². The summed E-state index contributed by atoms with van der Waals surface area (Å²) in [4.78, 5) is 27.2. The average molecular weight is 519 g/mol. The number of aromatic hydroxyl groups is 1. The zero-order chi connectivity index (χ0) is 26.3. The molecule has 3 aliphatic rings. The highest BCUT2D eigenvalue weighted by Gasteiger charge is 2.53. The van der Waals surface area contributed by atoms with Crippen LogP contribution in [0.4, 0.5) is 0 Å². The van der Waals surface area contributed by atoms with Gasteiger partial charge in [-0.1, -0.05) is 66.4 Å². The number of phenolic OH excluding ortho intramolecular Hbond substituents is 1. The summed E-state index contributed by atoms with van der Waals surface area (Å²) in [6.07, 6.45) is 5.77. The lowest BCUT2D eigenvalue weighted by atomic mass is 9.54. The third-order valence-electron chi connectivity index (χ3n) is 8.10. The number of carbonyl (C=O) groups is 2. The fourth-order valence-corrected chi connectivity index (χ4v) is 6.77. The van der Waals surface area contributed by atoms with E-state index in [1.165, 1.54) is 11.6 Å². The standard InChI is InChI=1S/C30H32BClO5/c1-3-6-19-14-23-28(30(35)22-8-5-4-7-21(22)29(23)34)24-16-31(36)37-26(27(19)24)12-9-17(2)13-18-10-11-20(33)15-25(18)32/h4-5,7-8,10-11,13,15,23-24,26,28,33,36H,3,6,9,12,14,16H2,1-2H3/b17-13+/t23-,24+,26-,28-/m1/s1. The Morgan fingerprint density at radius 1 is 1.14 bits per heavy atom. The monoisotopic (exact) mass is 518 g/mol. The van der Waals surface area contributed by atoms with Gasteiger partial charge in [-0.05, 0) is 74.2 Å². The van der Waals surface area contributed by atoms with Gasteiger partial charge in [-0.3, -0.25) is 9.59 Å². The SMILES string of the molecule is CCCC1=C2[C@@H](CC/C(C)=C/c3ccc(O)cc3Cl)OB(O)C[C@@H]2[C@@H]2C(=O)c3ccccc3C(=O)[C@@H]2C1. The van der Waals surface area contributed by atoms with Crippen LogP contribution in [0.2, 0.25) is 11.3 Å². The van der Waals surface area contributed by atoms with Crippen molar-refractivity contribution < 1.29 is 24.4 Å². The minimum absolute atomic E-state index is 0.0177. The van der Waals surface area contributed by atoms with Gasteiger partial charge in [0.05, 0.1) is 11.1 Å². The third kappa shape index (κ3) is 4.95. The highest BCUT2D eigenvalue weighted by Crippen LogP contribution is 2.51. The highest BCUT2D eigenvalue weighted by atomic mass is 35.5. The van der Waals surface area contributed by atoms with Crippen molar-refractivity contribution in [2.75, 3.05) is 0 Å². The lowest BCUT2D eigenvalue weighted by Crippen LogP contribution is -2.50. The van der Waals surface area contributed by atoms with Gasteiger partial charge >= 0.3 is 7.12 Å². The van der Waals surface area contributed by atoms with Gasteiger partial charge in [0.2, 0.25) is 0 Å². The van der Waals surface area contributed by atoms with Gasteiger partial charge in [-0.25, -0.2) is 0 Å². The summed E-state index contributed by atoms with van der Waals surface area (Å²) in [5.41, 5.74) is 5.31. The van der Waals surface area contributed by atoms with E-state index < -0.39 is 13.0 Å². The van der Waals surface area contributed by atoms with Crippen molar-refractivity contribution in [3.63, 3.8) is 0 Å². The van der Waals surface area contributed by atoms with E-state index in [2.05, 4.69) is 6.92 Å². The molecule has 0 amide bonds. The second-order valence-corrected chi connectivity index (χ2v) is 11.0. The number of halogens is 1. The zero-order valence-corrected chi connectivity index (χ0v) is 22.0. The van der Waals surface area contributed by atoms with Crippen LogP contribution < -0.4 is 0 Å². The summed E-state index contributed by atoms with van der Waals surface area (Å²) in [7, 11) is -0.976. The van der Waals surface area contributed by atoms with Crippen molar-refractivity contribution in [1.82, 2.24) is 0 Å². The molecule has 1 aliphatic heterocycles. The molecular formula is C30H32BClO5. The van der Waals surface area contributed by atoms with Crippen LogP contribution in [0.5, 0.6) is 5.75 Å². The number of phenols is 1. The maximum absolute atomic E-state index is 13.7. The van der Waals surface area contributed by atoms with E-state index in [1.807, 2.05) is 25.1 Å². The summed E-state index contributed by atoms with van der Waals surface area (Å²) in [5.74, 6) is -0.831. The number of hydrogen-bond donors (Lipinski definition) is 2. The molecule has 2 aromatic rings. The second kappa shape index (κ2) is 10.6. The van der Waals surface area contributed by atoms with Crippen LogP contribution in [0, 0.1) is 17.8 Å². The Morgan fingerprint density at radius 2 is 1.86 bits per heavy atom. The van der Waals surface area contributed by atoms with E-state index in [0.717, 1.165) is 29.6 Å². The van der Waals surface area contributed by atoms with Crippen LogP contribution >= 0.6 is 11.6 Å². The number of carbonyl (C=O) groups excluding carboxylic acids is 2. The number of Topliss-reactive ketones (excluding diaryl/α,β-unsaturated/α-hetero) is 2. The van der Waals surface area contributed by atoms with Gasteiger partial charge in [0.25, 0.3) is 0 Å². The molecule has 4 atom stereocenters. The fourth-order valence-electron chi connectivity index (χ4n) is 6.54. The summed E-state index contributed by atoms with van der Waals surface area (Å²) in [6.45, 7) is 4.15. The Bertz CT molecular complexity index is 1300. The van der Waals surface area contributed by atoms with Crippen LogP contribution in [-0.4, -0.2) is 34.9 Å². The Kier molecular flexibility index (Phi) is 7.44. The van der Waals surface area contributed by atoms with Crippen LogP contribution in [-0.2, 0) is 4.65 Å². The molecule has 1 heterocycles. The molecule has 2 aliphatic carbocycles. The summed E-state index contributed by atoms with van der Waals surface area (Å²) >= 11 is 6.28. The number of hydrogen-bond acceptors (Lipinski definition) is 5. The van der Waals surface area contributed by atoms with E-state index >= 15 is 0 Å². The second-order valence-electron chi connectivity index (χ2n) is 10.6. The first-order chi connectivity index (χ1) is 17.8. The smallest absolute Gasteiger partial charge is 0.455 e.